The van der Waals surface area contributed by atoms with Crippen molar-refractivity contribution in [1.29, 1.82) is 0 Å². The molecule has 0 aliphatic carbocycles. The van der Waals surface area contributed by atoms with E-state index < -0.39 is 0 Å². The number of carbonyl (C=O) groups is 1. The lowest BCUT2D eigenvalue weighted by atomic mass is 9.97. The van der Waals surface area contributed by atoms with E-state index in [2.05, 4.69) is 45.0 Å². The van der Waals surface area contributed by atoms with Crippen molar-refractivity contribution in [2.75, 3.05) is 6.61 Å². The summed E-state index contributed by atoms with van der Waals surface area (Å²) in [5, 5.41) is 0. The fourth-order valence-corrected chi connectivity index (χ4v) is 3.67. The summed E-state index contributed by atoms with van der Waals surface area (Å²) < 4.78 is 11.3. The molecule has 174 valence electrons. The molecule has 1 atom stereocenters. The first kappa shape index (κ1) is 24.6. The van der Waals surface area contributed by atoms with Gasteiger partial charge in [-0.2, -0.15) is 0 Å². The molecule has 0 spiro atoms. The summed E-state index contributed by atoms with van der Waals surface area (Å²) in [5.74, 6) is 1.65. The minimum atomic E-state index is -0.369. The smallest absolute Gasteiger partial charge is 0.343 e. The van der Waals surface area contributed by atoms with Crippen molar-refractivity contribution in [2.24, 2.45) is 5.92 Å². The van der Waals surface area contributed by atoms with Gasteiger partial charge >= 0.3 is 5.97 Å². The Bertz CT molecular complexity index is 973. The Morgan fingerprint density at radius 2 is 1.36 bits per heavy atom. The Labute approximate surface area is 198 Å². The van der Waals surface area contributed by atoms with E-state index in [0.29, 0.717) is 23.8 Å². The average molecular weight is 445 g/mol. The predicted octanol–water partition coefficient (Wildman–Crippen LogP) is 8.12. The van der Waals surface area contributed by atoms with Gasteiger partial charge in [-0.25, -0.2) is 4.79 Å². The highest BCUT2D eigenvalue weighted by molar-refractivity contribution is 5.91. The molecule has 3 nitrogen and oxygen atoms in total. The van der Waals surface area contributed by atoms with Crippen LogP contribution in [0, 0.1) is 5.92 Å². The number of hydrogen-bond acceptors (Lipinski definition) is 3. The van der Waals surface area contributed by atoms with Crippen LogP contribution in [0.25, 0.3) is 11.1 Å². The molecule has 3 aromatic carbocycles. The number of rotatable bonds is 12. The van der Waals surface area contributed by atoms with Crippen LogP contribution in [0.1, 0.15) is 68.8 Å². The summed E-state index contributed by atoms with van der Waals surface area (Å²) >= 11 is 0. The first-order valence-corrected chi connectivity index (χ1v) is 12.2. The first-order valence-electron chi connectivity index (χ1n) is 12.2. The molecule has 33 heavy (non-hydrogen) atoms. The van der Waals surface area contributed by atoms with E-state index in [1.54, 1.807) is 12.1 Å². The van der Waals surface area contributed by atoms with Crippen molar-refractivity contribution in [3.63, 3.8) is 0 Å². The second-order valence-corrected chi connectivity index (χ2v) is 8.76. The number of ether oxygens (including phenoxy) is 2. The van der Waals surface area contributed by atoms with Crippen molar-refractivity contribution in [1.82, 2.24) is 0 Å². The van der Waals surface area contributed by atoms with Crippen LogP contribution in [-0.2, 0) is 6.42 Å². The zero-order valence-corrected chi connectivity index (χ0v) is 20.2. The van der Waals surface area contributed by atoms with E-state index in [-0.39, 0.29) is 5.97 Å². The molecule has 1 unspecified atom stereocenters. The first-order chi connectivity index (χ1) is 16.1. The Hall–Kier alpha value is -3.07. The number of unbranched alkanes of at least 4 members (excludes halogenated alkanes) is 3. The van der Waals surface area contributed by atoms with Gasteiger partial charge in [-0.15, -0.1) is 0 Å². The van der Waals surface area contributed by atoms with Gasteiger partial charge < -0.3 is 9.47 Å². The summed E-state index contributed by atoms with van der Waals surface area (Å²) in [7, 11) is 0. The maximum Gasteiger partial charge on any atom is 0.343 e. The molecule has 0 heterocycles. The Morgan fingerprint density at radius 3 is 1.97 bits per heavy atom. The minimum absolute atomic E-state index is 0.369. The van der Waals surface area contributed by atoms with Crippen molar-refractivity contribution in [3.8, 4) is 22.6 Å². The third-order valence-electron chi connectivity index (χ3n) is 5.99. The fraction of sp³-hybridized carbons (Fsp3) is 0.367. The van der Waals surface area contributed by atoms with E-state index in [4.69, 9.17) is 9.47 Å². The maximum absolute atomic E-state index is 12.5. The number of hydrogen-bond donors (Lipinski definition) is 0. The van der Waals surface area contributed by atoms with Gasteiger partial charge in [0.15, 0.2) is 0 Å². The van der Waals surface area contributed by atoms with Gasteiger partial charge in [0.25, 0.3) is 0 Å². The Balaban J connectivity index is 1.52. The van der Waals surface area contributed by atoms with E-state index in [9.17, 15) is 4.79 Å². The third kappa shape index (κ3) is 7.78. The second-order valence-electron chi connectivity index (χ2n) is 8.76. The van der Waals surface area contributed by atoms with Crippen molar-refractivity contribution in [2.45, 2.75) is 59.3 Å². The van der Waals surface area contributed by atoms with Crippen molar-refractivity contribution >= 4 is 5.97 Å². The molecule has 0 fully saturated rings. The van der Waals surface area contributed by atoms with Gasteiger partial charge in [0.1, 0.15) is 11.5 Å². The average Bonchev–Trinajstić information content (AvgIpc) is 2.85. The van der Waals surface area contributed by atoms with Crippen LogP contribution in [0.15, 0.2) is 72.8 Å². The molecule has 0 bridgehead atoms. The van der Waals surface area contributed by atoms with Crippen LogP contribution in [-0.4, -0.2) is 12.6 Å². The monoisotopic (exact) mass is 444 g/mol. The van der Waals surface area contributed by atoms with E-state index in [0.717, 1.165) is 29.7 Å². The molecule has 3 rings (SSSR count). The molecule has 0 radical (unpaired) electrons. The van der Waals surface area contributed by atoms with E-state index >= 15 is 0 Å². The minimum Gasteiger partial charge on any atom is -0.494 e. The molecule has 3 heteroatoms. The lowest BCUT2D eigenvalue weighted by Crippen LogP contribution is -2.08. The number of esters is 1. The molecule has 0 saturated heterocycles. The summed E-state index contributed by atoms with van der Waals surface area (Å²) in [4.78, 5) is 12.5. The fourth-order valence-electron chi connectivity index (χ4n) is 3.67. The zero-order chi connectivity index (χ0) is 23.5. The van der Waals surface area contributed by atoms with Crippen LogP contribution in [0.3, 0.4) is 0 Å². The molecule has 0 aliphatic heterocycles. The lowest BCUT2D eigenvalue weighted by molar-refractivity contribution is 0.0734. The predicted molar refractivity (Wildman–Crippen MR) is 136 cm³/mol. The highest BCUT2D eigenvalue weighted by Crippen LogP contribution is 2.24. The number of benzene rings is 3. The number of carbonyl (C=O) groups excluding carboxylic acids is 1. The molecular weight excluding hydrogens is 408 g/mol. The van der Waals surface area contributed by atoms with E-state index in [1.807, 2.05) is 36.4 Å². The van der Waals surface area contributed by atoms with Gasteiger partial charge in [-0.1, -0.05) is 82.9 Å². The van der Waals surface area contributed by atoms with Crippen molar-refractivity contribution in [3.05, 3.63) is 83.9 Å². The maximum atomic E-state index is 12.5. The molecular formula is C30H36O3. The van der Waals surface area contributed by atoms with Crippen LogP contribution in [0.2, 0.25) is 0 Å². The normalized spacial score (nSPS) is 11.7. The van der Waals surface area contributed by atoms with Crippen LogP contribution < -0.4 is 9.47 Å². The van der Waals surface area contributed by atoms with Crippen LogP contribution in [0.4, 0.5) is 0 Å². The SMILES string of the molecule is CCCCCCOc1ccc(C(=O)Oc2ccc(-c3ccc(CC(C)CC)cc3)cc2)cc1. The van der Waals surface area contributed by atoms with E-state index in [1.165, 1.54) is 31.2 Å². The lowest BCUT2D eigenvalue weighted by Gasteiger charge is -2.10. The summed E-state index contributed by atoms with van der Waals surface area (Å²) in [5.41, 5.74) is 4.14. The van der Waals surface area contributed by atoms with Crippen LogP contribution >= 0.6 is 0 Å². The Kier molecular flexibility index (Phi) is 9.56. The summed E-state index contributed by atoms with van der Waals surface area (Å²) in [6.45, 7) is 7.41. The third-order valence-corrected chi connectivity index (χ3v) is 5.99. The largest absolute Gasteiger partial charge is 0.494 e. The molecule has 0 N–H and O–H groups in total. The molecule has 0 saturated carbocycles. The van der Waals surface area contributed by atoms with Gasteiger partial charge in [0.2, 0.25) is 0 Å². The standard InChI is InChI=1S/C30H36O3/c1-4-6-7-8-21-32-28-17-15-27(16-18-28)30(31)33-29-19-13-26(14-20-29)25-11-9-24(10-12-25)22-23(3)5-2/h9-20,23H,4-8,21-22H2,1-3H3. The zero-order valence-electron chi connectivity index (χ0n) is 20.2. The van der Waals surface area contributed by atoms with Crippen LogP contribution in [0.5, 0.6) is 11.5 Å². The molecule has 0 amide bonds. The van der Waals surface area contributed by atoms with Gasteiger partial charge in [0.05, 0.1) is 12.2 Å². The molecule has 0 aliphatic rings. The summed E-state index contributed by atoms with van der Waals surface area (Å²) in [6.07, 6.45) is 6.99. The van der Waals surface area contributed by atoms with Gasteiger partial charge in [-0.3, -0.25) is 0 Å². The summed E-state index contributed by atoms with van der Waals surface area (Å²) in [6, 6.07) is 23.5. The van der Waals surface area contributed by atoms with Crippen molar-refractivity contribution < 1.29 is 14.3 Å². The van der Waals surface area contributed by atoms with Gasteiger partial charge in [-0.05, 0) is 71.8 Å². The molecule has 0 aromatic heterocycles. The highest BCUT2D eigenvalue weighted by Gasteiger charge is 2.09. The van der Waals surface area contributed by atoms with Gasteiger partial charge in [0, 0.05) is 0 Å². The second kappa shape index (κ2) is 12.8. The Morgan fingerprint density at radius 1 is 0.758 bits per heavy atom. The quantitative estimate of drug-likeness (QED) is 0.161. The highest BCUT2D eigenvalue weighted by atomic mass is 16.5. The molecule has 3 aromatic rings. The topological polar surface area (TPSA) is 35.5 Å².